The first-order chi connectivity index (χ1) is 13.5. The number of nitrogens with one attached hydrogen (secondary N) is 1. The van der Waals surface area contributed by atoms with Gasteiger partial charge in [0.05, 0.1) is 11.9 Å². The van der Waals surface area contributed by atoms with Gasteiger partial charge in [0.2, 0.25) is 0 Å². The highest BCUT2D eigenvalue weighted by molar-refractivity contribution is 6.31. The number of hydrogen-bond acceptors (Lipinski definition) is 4. The van der Waals surface area contributed by atoms with Gasteiger partial charge in [0.1, 0.15) is 5.57 Å². The van der Waals surface area contributed by atoms with Crippen LogP contribution in [0, 0.1) is 6.92 Å². The molecule has 2 aliphatic rings. The van der Waals surface area contributed by atoms with Crippen LogP contribution in [0.3, 0.4) is 0 Å². The van der Waals surface area contributed by atoms with Crippen molar-refractivity contribution >= 4 is 23.9 Å². The standard InChI is InChI=1S/C21H22N4O3/c1-14-7-9-16(10-8-14)24-13-15(12-22-24)11-18-19(26)23-21(28)25(20(18)27)17-5-3-2-4-6-17/h7-13,17H,2-6H2,1H3,(H,23,26,28)/b18-11-. The molecule has 1 N–H and O–H groups in total. The number of hydrogen-bond donors (Lipinski definition) is 1. The second-order valence-corrected chi connectivity index (χ2v) is 7.34. The predicted molar refractivity (Wildman–Crippen MR) is 104 cm³/mol. The van der Waals surface area contributed by atoms with Crippen LogP contribution in [0.4, 0.5) is 4.79 Å². The van der Waals surface area contributed by atoms with Gasteiger partial charge in [-0.15, -0.1) is 0 Å². The Morgan fingerprint density at radius 1 is 1.07 bits per heavy atom. The number of imide groups is 2. The zero-order chi connectivity index (χ0) is 19.7. The monoisotopic (exact) mass is 378 g/mol. The van der Waals surface area contributed by atoms with Crippen molar-refractivity contribution in [2.75, 3.05) is 0 Å². The van der Waals surface area contributed by atoms with Crippen LogP contribution < -0.4 is 5.32 Å². The molecule has 4 rings (SSSR count). The number of nitrogens with zero attached hydrogens (tertiary/aromatic N) is 3. The lowest BCUT2D eigenvalue weighted by Gasteiger charge is -2.35. The van der Waals surface area contributed by atoms with E-state index in [1.165, 1.54) is 11.0 Å². The van der Waals surface area contributed by atoms with Gasteiger partial charge in [-0.1, -0.05) is 37.0 Å². The van der Waals surface area contributed by atoms with Gasteiger partial charge in [0.25, 0.3) is 11.8 Å². The number of carbonyl (C=O) groups excluding carboxylic acids is 3. The summed E-state index contributed by atoms with van der Waals surface area (Å²) < 4.78 is 1.68. The van der Waals surface area contributed by atoms with Gasteiger partial charge >= 0.3 is 6.03 Å². The second kappa shape index (κ2) is 7.42. The fourth-order valence-corrected chi connectivity index (χ4v) is 3.76. The molecule has 0 bridgehead atoms. The fraction of sp³-hybridized carbons (Fsp3) is 0.333. The highest BCUT2D eigenvalue weighted by Gasteiger charge is 2.40. The van der Waals surface area contributed by atoms with E-state index >= 15 is 0 Å². The van der Waals surface area contributed by atoms with Crippen molar-refractivity contribution in [3.05, 3.63) is 53.4 Å². The lowest BCUT2D eigenvalue weighted by molar-refractivity contribution is -0.132. The highest BCUT2D eigenvalue weighted by Crippen LogP contribution is 2.26. The largest absolute Gasteiger partial charge is 0.331 e. The maximum atomic E-state index is 12.9. The van der Waals surface area contributed by atoms with Gasteiger partial charge in [-0.25, -0.2) is 9.48 Å². The molecule has 4 amide bonds. The summed E-state index contributed by atoms with van der Waals surface area (Å²) in [7, 11) is 0. The van der Waals surface area contributed by atoms with Crippen LogP contribution in [0.1, 0.15) is 43.2 Å². The van der Waals surface area contributed by atoms with Crippen molar-refractivity contribution in [3.63, 3.8) is 0 Å². The lowest BCUT2D eigenvalue weighted by atomic mass is 9.93. The SMILES string of the molecule is Cc1ccc(-n2cc(/C=C3/C(=O)NC(=O)N(C4CCCCC4)C3=O)cn2)cc1. The van der Waals surface area contributed by atoms with E-state index in [1.54, 1.807) is 17.1 Å². The minimum Gasteiger partial charge on any atom is -0.273 e. The topological polar surface area (TPSA) is 84.3 Å². The third kappa shape index (κ3) is 3.47. The van der Waals surface area contributed by atoms with Gasteiger partial charge < -0.3 is 0 Å². The van der Waals surface area contributed by atoms with Crippen LogP contribution in [-0.4, -0.2) is 38.6 Å². The number of aromatic nitrogens is 2. The molecule has 7 nitrogen and oxygen atoms in total. The molecular formula is C21H22N4O3. The quantitative estimate of drug-likeness (QED) is 0.657. The minimum absolute atomic E-state index is 0.0337. The molecule has 1 saturated heterocycles. The average Bonchev–Trinajstić information content (AvgIpc) is 3.15. The molecule has 1 aromatic carbocycles. The Labute approximate surface area is 163 Å². The summed E-state index contributed by atoms with van der Waals surface area (Å²) in [5.41, 5.74) is 2.62. The van der Waals surface area contributed by atoms with Crippen LogP contribution >= 0.6 is 0 Å². The van der Waals surface area contributed by atoms with Gasteiger partial charge in [-0.3, -0.25) is 19.8 Å². The number of carbonyl (C=O) groups is 3. The zero-order valence-electron chi connectivity index (χ0n) is 15.7. The summed E-state index contributed by atoms with van der Waals surface area (Å²) in [6.45, 7) is 2.01. The van der Waals surface area contributed by atoms with E-state index in [1.807, 2.05) is 31.2 Å². The summed E-state index contributed by atoms with van der Waals surface area (Å²) in [5, 5.41) is 6.61. The third-order valence-electron chi connectivity index (χ3n) is 5.29. The first-order valence-corrected chi connectivity index (χ1v) is 9.55. The molecule has 1 aliphatic carbocycles. The van der Waals surface area contributed by atoms with Gasteiger partial charge in [0.15, 0.2) is 0 Å². The molecule has 2 aromatic rings. The van der Waals surface area contributed by atoms with Crippen molar-refractivity contribution in [3.8, 4) is 5.69 Å². The lowest BCUT2D eigenvalue weighted by Crippen LogP contribution is -2.58. The van der Waals surface area contributed by atoms with Crippen molar-refractivity contribution < 1.29 is 14.4 Å². The minimum atomic E-state index is -0.662. The molecule has 0 radical (unpaired) electrons. The summed E-state index contributed by atoms with van der Waals surface area (Å²) in [6, 6.07) is 7.10. The van der Waals surface area contributed by atoms with Gasteiger partial charge in [-0.2, -0.15) is 5.10 Å². The van der Waals surface area contributed by atoms with Crippen molar-refractivity contribution in [1.29, 1.82) is 0 Å². The Bertz CT molecular complexity index is 952. The first kappa shape index (κ1) is 18.2. The molecule has 0 atom stereocenters. The van der Waals surface area contributed by atoms with Gasteiger partial charge in [-0.05, 0) is 38.0 Å². The third-order valence-corrected chi connectivity index (χ3v) is 5.29. The molecule has 144 valence electrons. The van der Waals surface area contributed by atoms with Crippen molar-refractivity contribution in [2.24, 2.45) is 0 Å². The van der Waals surface area contributed by atoms with Gasteiger partial charge in [0, 0.05) is 17.8 Å². The Morgan fingerprint density at radius 3 is 2.50 bits per heavy atom. The Balaban J connectivity index is 1.61. The van der Waals surface area contributed by atoms with Crippen LogP contribution in [0.5, 0.6) is 0 Å². The van der Waals surface area contributed by atoms with Crippen molar-refractivity contribution in [2.45, 2.75) is 45.1 Å². The molecule has 28 heavy (non-hydrogen) atoms. The predicted octanol–water partition coefficient (Wildman–Crippen LogP) is 2.98. The van der Waals surface area contributed by atoms with E-state index in [4.69, 9.17) is 0 Å². The van der Waals surface area contributed by atoms with E-state index < -0.39 is 17.8 Å². The zero-order valence-corrected chi connectivity index (χ0v) is 15.7. The number of urea groups is 1. The van der Waals surface area contributed by atoms with E-state index in [2.05, 4.69) is 10.4 Å². The number of barbiturate groups is 1. The molecule has 1 saturated carbocycles. The van der Waals surface area contributed by atoms with E-state index in [0.717, 1.165) is 43.4 Å². The molecule has 7 heteroatoms. The Hall–Kier alpha value is -3.22. The normalized spacial score (nSPS) is 20.0. The summed E-state index contributed by atoms with van der Waals surface area (Å²) in [4.78, 5) is 38.7. The molecule has 0 unspecified atom stereocenters. The fourth-order valence-electron chi connectivity index (χ4n) is 3.76. The number of amides is 4. The average molecular weight is 378 g/mol. The van der Waals surface area contributed by atoms with Crippen LogP contribution in [0.2, 0.25) is 0 Å². The van der Waals surface area contributed by atoms with Crippen molar-refractivity contribution in [1.82, 2.24) is 20.0 Å². The molecule has 0 spiro atoms. The van der Waals surface area contributed by atoms with Crippen LogP contribution in [0.15, 0.2) is 42.2 Å². The number of benzene rings is 1. The summed E-state index contributed by atoms with van der Waals surface area (Å²) >= 11 is 0. The van der Waals surface area contributed by atoms with E-state index in [-0.39, 0.29) is 11.6 Å². The molecular weight excluding hydrogens is 356 g/mol. The Morgan fingerprint density at radius 2 is 1.79 bits per heavy atom. The summed E-state index contributed by atoms with van der Waals surface area (Å²) in [5.74, 6) is -1.19. The molecule has 2 heterocycles. The smallest absolute Gasteiger partial charge is 0.273 e. The first-order valence-electron chi connectivity index (χ1n) is 9.55. The number of rotatable bonds is 3. The number of aryl methyl sites for hydroxylation is 1. The summed E-state index contributed by atoms with van der Waals surface area (Å²) in [6.07, 6.45) is 9.49. The maximum Gasteiger partial charge on any atom is 0.331 e. The molecule has 1 aliphatic heterocycles. The highest BCUT2D eigenvalue weighted by atomic mass is 16.2. The van der Waals surface area contributed by atoms with E-state index in [9.17, 15) is 14.4 Å². The molecule has 1 aromatic heterocycles. The maximum absolute atomic E-state index is 12.9. The van der Waals surface area contributed by atoms with Crippen LogP contribution in [-0.2, 0) is 9.59 Å². The molecule has 2 fully saturated rings. The van der Waals surface area contributed by atoms with Crippen LogP contribution in [0.25, 0.3) is 11.8 Å². The Kier molecular flexibility index (Phi) is 4.81. The second-order valence-electron chi connectivity index (χ2n) is 7.34. The van der Waals surface area contributed by atoms with E-state index in [0.29, 0.717) is 5.56 Å².